The third kappa shape index (κ3) is 2.62. The fourth-order valence-corrected chi connectivity index (χ4v) is 2.96. The number of nitrogens with zero attached hydrogens (tertiary/aromatic N) is 6. The summed E-state index contributed by atoms with van der Waals surface area (Å²) in [6.45, 7) is 0. The molecule has 0 N–H and O–H groups in total. The van der Waals surface area contributed by atoms with Crippen LogP contribution in [0.5, 0.6) is 0 Å². The van der Waals surface area contributed by atoms with Crippen LogP contribution in [0.25, 0.3) is 11.4 Å². The normalized spacial score (nSPS) is 13.0. The molecule has 3 rings (SSSR count). The molecule has 0 bridgehead atoms. The lowest BCUT2D eigenvalue weighted by Gasteiger charge is -2.13. The highest BCUT2D eigenvalue weighted by Gasteiger charge is 2.29. The highest BCUT2D eigenvalue weighted by Crippen LogP contribution is 2.33. The van der Waals surface area contributed by atoms with Crippen molar-refractivity contribution in [3.63, 3.8) is 0 Å². The van der Waals surface area contributed by atoms with Crippen LogP contribution >= 0.6 is 0 Å². The molecule has 0 atom stereocenters. The molecule has 0 saturated heterocycles. The maximum absolute atomic E-state index is 12.5. The van der Waals surface area contributed by atoms with E-state index < -0.39 is 0 Å². The quantitative estimate of drug-likeness (QED) is 0.784. The van der Waals surface area contributed by atoms with Crippen LogP contribution in [0.15, 0.2) is 6.20 Å². The number of amides is 1. The molecule has 1 amide bonds. The Morgan fingerprint density at radius 1 is 1.29 bits per heavy atom. The van der Waals surface area contributed by atoms with Crippen molar-refractivity contribution in [2.75, 3.05) is 33.2 Å². The second kappa shape index (κ2) is 6.20. The van der Waals surface area contributed by atoms with Crippen LogP contribution in [0, 0.1) is 0 Å². The maximum Gasteiger partial charge on any atom is 0.297 e. The van der Waals surface area contributed by atoms with Gasteiger partial charge in [0.2, 0.25) is 5.95 Å². The summed E-state index contributed by atoms with van der Waals surface area (Å²) in [7, 11) is 8.71. The summed E-state index contributed by atoms with van der Waals surface area (Å²) in [5.74, 6) is 0.393. The Kier molecular flexibility index (Phi) is 4.23. The number of hydrogen-bond donors (Lipinski definition) is 0. The largest absolute Gasteiger partial charge is 0.347 e. The van der Waals surface area contributed by atoms with Gasteiger partial charge in [0.1, 0.15) is 0 Å². The Morgan fingerprint density at radius 3 is 2.71 bits per heavy atom. The van der Waals surface area contributed by atoms with E-state index in [0.29, 0.717) is 11.6 Å². The van der Waals surface area contributed by atoms with Gasteiger partial charge in [0.25, 0.3) is 5.91 Å². The molecule has 0 aliphatic heterocycles. The summed E-state index contributed by atoms with van der Waals surface area (Å²) >= 11 is 0. The van der Waals surface area contributed by atoms with E-state index in [1.54, 1.807) is 11.7 Å². The van der Waals surface area contributed by atoms with Crippen molar-refractivity contribution >= 4 is 11.9 Å². The van der Waals surface area contributed by atoms with Crippen molar-refractivity contribution in [2.24, 2.45) is 7.05 Å². The van der Waals surface area contributed by atoms with Crippen molar-refractivity contribution in [3.05, 3.63) is 23.0 Å². The number of aromatic nitrogens is 4. The first-order valence-electron chi connectivity index (χ1n) is 7.85. The summed E-state index contributed by atoms with van der Waals surface area (Å²) in [4.78, 5) is 28.6. The Labute approximate surface area is 141 Å². The Balaban J connectivity index is 2.18. The van der Waals surface area contributed by atoms with Crippen molar-refractivity contribution in [2.45, 2.75) is 19.3 Å². The average molecular weight is 330 g/mol. The molecule has 8 heteroatoms. The Bertz CT molecular complexity index is 783. The van der Waals surface area contributed by atoms with Gasteiger partial charge in [-0.2, -0.15) is 5.10 Å². The molecule has 2 aromatic rings. The molecular weight excluding hydrogens is 308 g/mol. The van der Waals surface area contributed by atoms with E-state index in [0.717, 1.165) is 41.8 Å². The van der Waals surface area contributed by atoms with E-state index >= 15 is 0 Å². The van der Waals surface area contributed by atoms with Gasteiger partial charge in [0, 0.05) is 40.0 Å². The minimum absolute atomic E-state index is 0.250. The molecule has 2 aromatic heterocycles. The van der Waals surface area contributed by atoms with Gasteiger partial charge < -0.3 is 4.90 Å². The maximum atomic E-state index is 12.5. The highest BCUT2D eigenvalue weighted by atomic mass is 16.7. The van der Waals surface area contributed by atoms with Gasteiger partial charge in [-0.1, -0.05) is 0 Å². The lowest BCUT2D eigenvalue weighted by molar-refractivity contribution is -0.0761. The number of rotatable bonds is 3. The summed E-state index contributed by atoms with van der Waals surface area (Å²) in [5.41, 5.74) is 4.18. The Morgan fingerprint density at radius 2 is 2.04 bits per heavy atom. The Hall–Kier alpha value is -2.48. The summed E-state index contributed by atoms with van der Waals surface area (Å²) < 4.78 is 1.74. The first-order chi connectivity index (χ1) is 11.4. The number of hydroxylamine groups is 2. The standard InChI is InChI=1S/C16H22N6O2/c1-20(2)16-17-9-10-7-6-8-11-13(15(23)22(4)24-5)19-21(3)14(11)12(10)18-16/h9H,6-8H2,1-5H3. The fraction of sp³-hybridized carbons (Fsp3) is 0.500. The molecule has 2 heterocycles. The number of hydrogen-bond acceptors (Lipinski definition) is 6. The number of carbonyl (C=O) groups is 1. The van der Waals surface area contributed by atoms with Crippen molar-refractivity contribution < 1.29 is 9.63 Å². The molecule has 0 radical (unpaired) electrons. The second-order valence-electron chi connectivity index (χ2n) is 6.08. The van der Waals surface area contributed by atoms with Gasteiger partial charge in [-0.25, -0.2) is 15.0 Å². The van der Waals surface area contributed by atoms with Crippen molar-refractivity contribution in [1.82, 2.24) is 24.8 Å². The minimum atomic E-state index is -0.250. The predicted molar refractivity (Wildman–Crippen MR) is 89.7 cm³/mol. The summed E-state index contributed by atoms with van der Waals surface area (Å²) in [6, 6.07) is 0. The molecule has 24 heavy (non-hydrogen) atoms. The van der Waals surface area contributed by atoms with E-state index in [1.807, 2.05) is 32.2 Å². The van der Waals surface area contributed by atoms with Crippen LogP contribution in [-0.4, -0.2) is 59.0 Å². The van der Waals surface area contributed by atoms with Crippen LogP contribution in [0.4, 0.5) is 5.95 Å². The zero-order chi connectivity index (χ0) is 17.4. The van der Waals surface area contributed by atoms with Crippen LogP contribution < -0.4 is 4.90 Å². The molecule has 1 aliphatic rings. The van der Waals surface area contributed by atoms with Gasteiger partial charge in [-0.05, 0) is 24.8 Å². The molecular formula is C16H22N6O2. The topological polar surface area (TPSA) is 76.4 Å². The van der Waals surface area contributed by atoms with Gasteiger partial charge >= 0.3 is 0 Å². The third-order valence-corrected chi connectivity index (χ3v) is 4.26. The van der Waals surface area contributed by atoms with Gasteiger partial charge in [-0.15, -0.1) is 0 Å². The van der Waals surface area contributed by atoms with Crippen molar-refractivity contribution in [3.8, 4) is 11.4 Å². The average Bonchev–Trinajstić information content (AvgIpc) is 2.78. The fourth-order valence-electron chi connectivity index (χ4n) is 2.96. The SMILES string of the molecule is CON(C)C(=O)c1nn(C)c2c1CCCc1cnc(N(C)C)nc1-2. The number of anilines is 1. The highest BCUT2D eigenvalue weighted by molar-refractivity contribution is 5.95. The molecule has 0 spiro atoms. The summed E-state index contributed by atoms with van der Waals surface area (Å²) in [6.07, 6.45) is 4.46. The molecule has 128 valence electrons. The molecule has 0 fully saturated rings. The molecule has 8 nitrogen and oxygen atoms in total. The predicted octanol–water partition coefficient (Wildman–Crippen LogP) is 1.07. The molecule has 1 aliphatic carbocycles. The van der Waals surface area contributed by atoms with Gasteiger partial charge in [0.15, 0.2) is 5.69 Å². The molecule has 0 unspecified atom stereocenters. The van der Waals surface area contributed by atoms with E-state index in [1.165, 1.54) is 12.2 Å². The monoisotopic (exact) mass is 330 g/mol. The lowest BCUT2D eigenvalue weighted by atomic mass is 10.1. The second-order valence-corrected chi connectivity index (χ2v) is 6.08. The zero-order valence-electron chi connectivity index (χ0n) is 14.7. The van der Waals surface area contributed by atoms with E-state index in [-0.39, 0.29) is 5.91 Å². The number of aryl methyl sites for hydroxylation is 2. The minimum Gasteiger partial charge on any atom is -0.347 e. The van der Waals surface area contributed by atoms with Crippen LogP contribution in [0.3, 0.4) is 0 Å². The molecule has 0 saturated carbocycles. The van der Waals surface area contributed by atoms with Crippen LogP contribution in [0.1, 0.15) is 28.0 Å². The van der Waals surface area contributed by atoms with Crippen molar-refractivity contribution in [1.29, 1.82) is 0 Å². The number of fused-ring (bicyclic) bond motifs is 3. The van der Waals surface area contributed by atoms with Gasteiger partial charge in [-0.3, -0.25) is 14.3 Å². The lowest BCUT2D eigenvalue weighted by Crippen LogP contribution is -2.26. The van der Waals surface area contributed by atoms with E-state index in [4.69, 9.17) is 9.82 Å². The smallest absolute Gasteiger partial charge is 0.297 e. The first kappa shape index (κ1) is 16.4. The van der Waals surface area contributed by atoms with Crippen LogP contribution in [-0.2, 0) is 24.7 Å². The van der Waals surface area contributed by atoms with Crippen LogP contribution in [0.2, 0.25) is 0 Å². The van der Waals surface area contributed by atoms with Gasteiger partial charge in [0.05, 0.1) is 18.5 Å². The zero-order valence-corrected chi connectivity index (χ0v) is 14.7. The number of carbonyl (C=O) groups excluding carboxylic acids is 1. The van der Waals surface area contributed by atoms with E-state index in [9.17, 15) is 4.79 Å². The summed E-state index contributed by atoms with van der Waals surface area (Å²) in [5, 5.41) is 5.64. The third-order valence-electron chi connectivity index (χ3n) is 4.26. The first-order valence-corrected chi connectivity index (χ1v) is 7.85. The molecule has 0 aromatic carbocycles. The van der Waals surface area contributed by atoms with E-state index in [2.05, 4.69) is 10.1 Å².